The lowest BCUT2D eigenvalue weighted by atomic mass is 9.91. The number of carbonyl (C=O) groups is 1. The molecular formula is C20H22BrNO2. The highest BCUT2D eigenvalue weighted by molar-refractivity contribution is 9.10. The highest BCUT2D eigenvalue weighted by Gasteiger charge is 2.35. The first-order valence-corrected chi connectivity index (χ1v) is 9.17. The molecule has 0 radical (unpaired) electrons. The second-order valence-corrected chi connectivity index (χ2v) is 7.28. The lowest BCUT2D eigenvalue weighted by molar-refractivity contribution is -0.145. The van der Waals surface area contributed by atoms with Crippen LogP contribution in [0.4, 0.5) is 0 Å². The zero-order chi connectivity index (χ0) is 17.1. The molecule has 3 rings (SSSR count). The third-order valence-electron chi connectivity index (χ3n) is 4.75. The van der Waals surface area contributed by atoms with E-state index in [4.69, 9.17) is 0 Å². The fourth-order valence-electron chi connectivity index (χ4n) is 3.52. The van der Waals surface area contributed by atoms with Crippen LogP contribution in [-0.2, 0) is 4.79 Å². The molecule has 0 aliphatic carbocycles. The monoisotopic (exact) mass is 387 g/mol. The molecule has 4 heteroatoms. The standard InChI is InChI=1S/C20H22BrNO2/c1-14-9-11-15(12-10-14)19(16-6-2-3-7-17(16)21)22-13-5-4-8-18(22)20(23)24/h2-3,6-7,9-12,18-19H,4-5,8,13H2,1H3,(H,23,24). The minimum Gasteiger partial charge on any atom is -0.480 e. The van der Waals surface area contributed by atoms with E-state index in [9.17, 15) is 9.90 Å². The second kappa shape index (κ2) is 7.49. The van der Waals surface area contributed by atoms with Crippen molar-refractivity contribution in [2.75, 3.05) is 6.54 Å². The van der Waals surface area contributed by atoms with E-state index in [1.165, 1.54) is 5.56 Å². The van der Waals surface area contributed by atoms with E-state index in [0.717, 1.165) is 35.0 Å². The van der Waals surface area contributed by atoms with Crippen LogP contribution < -0.4 is 0 Å². The van der Waals surface area contributed by atoms with Crippen LogP contribution in [0.15, 0.2) is 53.0 Å². The van der Waals surface area contributed by atoms with Crippen molar-refractivity contribution in [1.29, 1.82) is 0 Å². The van der Waals surface area contributed by atoms with Gasteiger partial charge in [0.15, 0.2) is 0 Å². The molecule has 1 aliphatic rings. The van der Waals surface area contributed by atoms with E-state index in [1.54, 1.807) is 0 Å². The van der Waals surface area contributed by atoms with Crippen LogP contribution in [0.25, 0.3) is 0 Å². The van der Waals surface area contributed by atoms with Crippen molar-refractivity contribution in [2.45, 2.75) is 38.3 Å². The van der Waals surface area contributed by atoms with Crippen LogP contribution in [0, 0.1) is 6.92 Å². The van der Waals surface area contributed by atoms with Gasteiger partial charge in [0.2, 0.25) is 0 Å². The molecular weight excluding hydrogens is 366 g/mol. The molecule has 0 spiro atoms. The number of aliphatic carboxylic acids is 1. The number of carboxylic acid groups (broad SMARTS) is 1. The van der Waals surface area contributed by atoms with Crippen LogP contribution in [0.2, 0.25) is 0 Å². The molecule has 0 saturated carbocycles. The summed E-state index contributed by atoms with van der Waals surface area (Å²) in [5.41, 5.74) is 3.47. The van der Waals surface area contributed by atoms with Gasteiger partial charge in [0.25, 0.3) is 0 Å². The normalized spacial score (nSPS) is 19.8. The van der Waals surface area contributed by atoms with Gasteiger partial charge in [-0.15, -0.1) is 0 Å². The molecule has 1 fully saturated rings. The maximum Gasteiger partial charge on any atom is 0.320 e. The average molecular weight is 388 g/mol. The quantitative estimate of drug-likeness (QED) is 0.819. The summed E-state index contributed by atoms with van der Waals surface area (Å²) in [6.07, 6.45) is 2.72. The van der Waals surface area contributed by atoms with Gasteiger partial charge in [0.05, 0.1) is 6.04 Å². The Bertz CT molecular complexity index is 714. The van der Waals surface area contributed by atoms with Crippen LogP contribution in [-0.4, -0.2) is 28.6 Å². The fourth-order valence-corrected chi connectivity index (χ4v) is 4.02. The fraction of sp³-hybridized carbons (Fsp3) is 0.350. The Morgan fingerprint density at radius 1 is 1.17 bits per heavy atom. The summed E-state index contributed by atoms with van der Waals surface area (Å²) in [6.45, 7) is 2.87. The zero-order valence-electron chi connectivity index (χ0n) is 13.8. The summed E-state index contributed by atoms with van der Waals surface area (Å²) < 4.78 is 1.02. The largest absolute Gasteiger partial charge is 0.480 e. The van der Waals surface area contributed by atoms with E-state index < -0.39 is 12.0 Å². The third kappa shape index (κ3) is 3.55. The maximum absolute atomic E-state index is 11.8. The van der Waals surface area contributed by atoms with Crippen molar-refractivity contribution in [1.82, 2.24) is 4.90 Å². The van der Waals surface area contributed by atoms with Gasteiger partial charge in [0.1, 0.15) is 6.04 Å². The van der Waals surface area contributed by atoms with Crippen molar-refractivity contribution >= 4 is 21.9 Å². The topological polar surface area (TPSA) is 40.5 Å². The SMILES string of the molecule is Cc1ccc(C(c2ccccc2Br)N2CCCCC2C(=O)O)cc1. The molecule has 1 heterocycles. The summed E-state index contributed by atoms with van der Waals surface area (Å²) in [7, 11) is 0. The first-order chi connectivity index (χ1) is 11.6. The summed E-state index contributed by atoms with van der Waals surface area (Å²) in [4.78, 5) is 14.0. The molecule has 2 unspecified atom stereocenters. The van der Waals surface area contributed by atoms with E-state index in [0.29, 0.717) is 6.42 Å². The number of halogens is 1. The van der Waals surface area contributed by atoms with Gasteiger partial charge in [-0.2, -0.15) is 0 Å². The van der Waals surface area contributed by atoms with Gasteiger partial charge in [-0.1, -0.05) is 70.4 Å². The Hall–Kier alpha value is -1.65. The molecule has 1 saturated heterocycles. The number of benzene rings is 2. The van der Waals surface area contributed by atoms with Crippen LogP contribution in [0.1, 0.15) is 42.0 Å². The Morgan fingerprint density at radius 3 is 2.54 bits per heavy atom. The summed E-state index contributed by atoms with van der Waals surface area (Å²) >= 11 is 3.66. The van der Waals surface area contributed by atoms with E-state index in [-0.39, 0.29) is 6.04 Å². The molecule has 0 bridgehead atoms. The number of nitrogens with zero attached hydrogens (tertiary/aromatic N) is 1. The van der Waals surface area contributed by atoms with E-state index in [1.807, 2.05) is 18.2 Å². The minimum atomic E-state index is -0.723. The van der Waals surface area contributed by atoms with Crippen molar-refractivity contribution in [2.24, 2.45) is 0 Å². The lowest BCUT2D eigenvalue weighted by Crippen LogP contribution is -2.46. The predicted octanol–water partition coefficient (Wildman–Crippen LogP) is 4.79. The van der Waals surface area contributed by atoms with Crippen molar-refractivity contribution in [3.8, 4) is 0 Å². The Balaban J connectivity index is 2.09. The van der Waals surface area contributed by atoms with Crippen molar-refractivity contribution in [3.05, 3.63) is 69.7 Å². The molecule has 0 aromatic heterocycles. The summed E-state index contributed by atoms with van der Waals surface area (Å²) in [6, 6.07) is 16.1. The van der Waals surface area contributed by atoms with Crippen LogP contribution in [0.5, 0.6) is 0 Å². The number of hydrogen-bond donors (Lipinski definition) is 1. The summed E-state index contributed by atoms with van der Waals surface area (Å²) in [5, 5.41) is 9.71. The highest BCUT2D eigenvalue weighted by atomic mass is 79.9. The van der Waals surface area contributed by atoms with Crippen LogP contribution in [0.3, 0.4) is 0 Å². The van der Waals surface area contributed by atoms with Crippen LogP contribution >= 0.6 is 15.9 Å². The average Bonchev–Trinajstić information content (AvgIpc) is 2.59. The smallest absolute Gasteiger partial charge is 0.320 e. The molecule has 2 aromatic carbocycles. The van der Waals surface area contributed by atoms with Gasteiger partial charge >= 0.3 is 5.97 Å². The number of likely N-dealkylation sites (tertiary alicyclic amines) is 1. The minimum absolute atomic E-state index is 0.0532. The Labute approximate surface area is 151 Å². The number of aryl methyl sites for hydroxylation is 1. The molecule has 3 nitrogen and oxygen atoms in total. The molecule has 24 heavy (non-hydrogen) atoms. The first kappa shape index (κ1) is 17.2. The molecule has 2 aromatic rings. The first-order valence-electron chi connectivity index (χ1n) is 8.37. The number of rotatable bonds is 4. The third-order valence-corrected chi connectivity index (χ3v) is 5.48. The Kier molecular flexibility index (Phi) is 5.36. The molecule has 0 amide bonds. The number of piperidine rings is 1. The number of carboxylic acids is 1. The number of hydrogen-bond acceptors (Lipinski definition) is 2. The molecule has 1 N–H and O–H groups in total. The molecule has 2 atom stereocenters. The summed E-state index contributed by atoms with van der Waals surface area (Å²) in [5.74, 6) is -0.723. The van der Waals surface area contributed by atoms with Gasteiger partial charge in [0, 0.05) is 4.47 Å². The van der Waals surface area contributed by atoms with Gasteiger partial charge < -0.3 is 5.11 Å². The Morgan fingerprint density at radius 2 is 1.88 bits per heavy atom. The lowest BCUT2D eigenvalue weighted by Gasteiger charge is -2.40. The van der Waals surface area contributed by atoms with Crippen molar-refractivity contribution < 1.29 is 9.90 Å². The molecule has 126 valence electrons. The van der Waals surface area contributed by atoms with Gasteiger partial charge in [-0.3, -0.25) is 9.69 Å². The van der Waals surface area contributed by atoms with Crippen molar-refractivity contribution in [3.63, 3.8) is 0 Å². The molecule has 1 aliphatic heterocycles. The maximum atomic E-state index is 11.8. The predicted molar refractivity (Wildman–Crippen MR) is 99.1 cm³/mol. The van der Waals surface area contributed by atoms with E-state index >= 15 is 0 Å². The second-order valence-electron chi connectivity index (χ2n) is 6.42. The van der Waals surface area contributed by atoms with E-state index in [2.05, 4.69) is 58.1 Å². The van der Waals surface area contributed by atoms with Gasteiger partial charge in [-0.25, -0.2) is 0 Å². The zero-order valence-corrected chi connectivity index (χ0v) is 15.4. The highest BCUT2D eigenvalue weighted by Crippen LogP contribution is 2.37. The van der Waals surface area contributed by atoms with Gasteiger partial charge in [-0.05, 0) is 43.5 Å².